The smallest absolute Gasteiger partial charge is 0.314 e. The summed E-state index contributed by atoms with van der Waals surface area (Å²) in [6.45, 7) is 3.10. The molecule has 0 radical (unpaired) electrons. The van der Waals surface area contributed by atoms with Crippen molar-refractivity contribution in [2.24, 2.45) is 5.73 Å². The van der Waals surface area contributed by atoms with Gasteiger partial charge in [-0.25, -0.2) is 4.79 Å². The molecule has 1 heterocycles. The molecule has 2 unspecified atom stereocenters. The van der Waals surface area contributed by atoms with Gasteiger partial charge in [0.25, 0.3) is 0 Å². The summed E-state index contributed by atoms with van der Waals surface area (Å²) >= 11 is 0. The van der Waals surface area contributed by atoms with Crippen LogP contribution in [0.1, 0.15) is 6.92 Å². The fourth-order valence-electron chi connectivity index (χ4n) is 1.26. The minimum absolute atomic E-state index is 0.149. The maximum absolute atomic E-state index is 11.4. The molecule has 7 heteroatoms. The summed E-state index contributed by atoms with van der Waals surface area (Å²) in [4.78, 5) is 21.9. The number of nitrogens with one attached hydrogen (secondary N) is 4. The highest BCUT2D eigenvalue weighted by atomic mass is 16.2. The van der Waals surface area contributed by atoms with Gasteiger partial charge in [-0.3, -0.25) is 10.1 Å². The van der Waals surface area contributed by atoms with E-state index >= 15 is 0 Å². The number of urea groups is 1. The molecule has 0 aliphatic carbocycles. The van der Waals surface area contributed by atoms with Crippen LogP contribution in [0, 0.1) is 0 Å². The first-order valence-corrected chi connectivity index (χ1v) is 4.46. The zero-order valence-electron chi connectivity index (χ0n) is 7.96. The van der Waals surface area contributed by atoms with Crippen molar-refractivity contribution in [2.75, 3.05) is 13.1 Å². The standard InChI is InChI=1S/C7H15N5O2/c1-2-9-4-3-10-7(11-5(4)13)12-6(8)14/h4,7,9-10H,2-3H2,1H3,(H,11,13)(H3,8,12,14). The summed E-state index contributed by atoms with van der Waals surface area (Å²) in [7, 11) is 0. The first-order valence-electron chi connectivity index (χ1n) is 4.46. The summed E-state index contributed by atoms with van der Waals surface area (Å²) < 4.78 is 0. The SMILES string of the molecule is CCNC1CNC(NC(N)=O)NC1=O. The lowest BCUT2D eigenvalue weighted by Crippen LogP contribution is -2.68. The highest BCUT2D eigenvalue weighted by Crippen LogP contribution is 1.90. The maximum atomic E-state index is 11.4. The lowest BCUT2D eigenvalue weighted by molar-refractivity contribution is -0.125. The van der Waals surface area contributed by atoms with E-state index in [1.54, 1.807) is 0 Å². The van der Waals surface area contributed by atoms with Crippen LogP contribution in [0.5, 0.6) is 0 Å². The molecule has 0 aromatic rings. The maximum Gasteiger partial charge on any atom is 0.314 e. The minimum Gasteiger partial charge on any atom is -0.352 e. The van der Waals surface area contributed by atoms with Crippen LogP contribution in [-0.2, 0) is 4.79 Å². The molecule has 7 nitrogen and oxygen atoms in total. The summed E-state index contributed by atoms with van der Waals surface area (Å²) in [5.74, 6) is -0.149. The molecule has 80 valence electrons. The highest BCUT2D eigenvalue weighted by Gasteiger charge is 2.26. The van der Waals surface area contributed by atoms with Gasteiger partial charge in [0.1, 0.15) is 0 Å². The predicted molar refractivity (Wildman–Crippen MR) is 50.1 cm³/mol. The van der Waals surface area contributed by atoms with Crippen molar-refractivity contribution >= 4 is 11.9 Å². The number of hydrogen-bond donors (Lipinski definition) is 5. The van der Waals surface area contributed by atoms with Crippen LogP contribution in [0.2, 0.25) is 0 Å². The van der Waals surface area contributed by atoms with E-state index in [4.69, 9.17) is 5.73 Å². The lowest BCUT2D eigenvalue weighted by atomic mass is 10.2. The van der Waals surface area contributed by atoms with E-state index in [-0.39, 0.29) is 11.9 Å². The third-order valence-corrected chi connectivity index (χ3v) is 1.87. The van der Waals surface area contributed by atoms with Crippen molar-refractivity contribution < 1.29 is 9.59 Å². The van der Waals surface area contributed by atoms with Crippen LogP contribution in [-0.4, -0.2) is 37.4 Å². The van der Waals surface area contributed by atoms with Crippen LogP contribution >= 0.6 is 0 Å². The quantitative estimate of drug-likeness (QED) is 0.352. The Hall–Kier alpha value is -1.34. The van der Waals surface area contributed by atoms with E-state index in [9.17, 15) is 9.59 Å². The summed E-state index contributed by atoms with van der Waals surface area (Å²) in [5, 5.41) is 10.8. The lowest BCUT2D eigenvalue weighted by Gasteiger charge is -2.30. The summed E-state index contributed by atoms with van der Waals surface area (Å²) in [5.41, 5.74) is 4.91. The minimum atomic E-state index is -0.676. The summed E-state index contributed by atoms with van der Waals surface area (Å²) in [6, 6.07) is -0.935. The second-order valence-electron chi connectivity index (χ2n) is 2.97. The Labute approximate surface area is 81.8 Å². The first kappa shape index (κ1) is 10.7. The fraction of sp³-hybridized carbons (Fsp3) is 0.714. The zero-order valence-corrected chi connectivity index (χ0v) is 7.96. The second-order valence-corrected chi connectivity index (χ2v) is 2.97. The number of likely N-dealkylation sites (N-methyl/N-ethyl adjacent to an activating group) is 1. The Morgan fingerprint density at radius 1 is 1.71 bits per heavy atom. The van der Waals surface area contributed by atoms with Crippen LogP contribution in [0.25, 0.3) is 0 Å². The van der Waals surface area contributed by atoms with E-state index < -0.39 is 12.3 Å². The summed E-state index contributed by atoms with van der Waals surface area (Å²) in [6.07, 6.45) is -0.574. The van der Waals surface area contributed by atoms with Gasteiger partial charge >= 0.3 is 6.03 Å². The van der Waals surface area contributed by atoms with Gasteiger partial charge in [0.05, 0.1) is 6.04 Å². The van der Waals surface area contributed by atoms with Crippen molar-refractivity contribution in [1.29, 1.82) is 0 Å². The molecule has 6 N–H and O–H groups in total. The number of rotatable bonds is 3. The number of carbonyl (C=O) groups excluding carboxylic acids is 2. The topological polar surface area (TPSA) is 108 Å². The molecule has 0 spiro atoms. The van der Waals surface area contributed by atoms with Gasteiger partial charge in [-0.15, -0.1) is 0 Å². The molecule has 0 aromatic carbocycles. The van der Waals surface area contributed by atoms with E-state index in [2.05, 4.69) is 21.3 Å². The van der Waals surface area contributed by atoms with Crippen molar-refractivity contribution in [3.8, 4) is 0 Å². The fourth-order valence-corrected chi connectivity index (χ4v) is 1.26. The van der Waals surface area contributed by atoms with Gasteiger partial charge in [-0.05, 0) is 6.54 Å². The van der Waals surface area contributed by atoms with Crippen molar-refractivity contribution in [3.05, 3.63) is 0 Å². The average molecular weight is 201 g/mol. The molecule has 0 bridgehead atoms. The normalized spacial score (nSPS) is 26.8. The molecule has 1 rings (SSSR count). The zero-order chi connectivity index (χ0) is 10.6. The Balaban J connectivity index is 2.38. The van der Waals surface area contributed by atoms with Gasteiger partial charge in [0.2, 0.25) is 5.91 Å². The van der Waals surface area contributed by atoms with Gasteiger partial charge < -0.3 is 21.7 Å². The first-order chi connectivity index (χ1) is 6.63. The molecule has 3 amide bonds. The molecule has 1 fully saturated rings. The van der Waals surface area contributed by atoms with E-state index in [1.165, 1.54) is 0 Å². The number of hydrogen-bond acceptors (Lipinski definition) is 4. The number of amides is 3. The molecule has 2 atom stereocenters. The van der Waals surface area contributed by atoms with Crippen LogP contribution in [0.4, 0.5) is 4.79 Å². The van der Waals surface area contributed by atoms with Gasteiger partial charge in [-0.1, -0.05) is 6.92 Å². The third kappa shape index (κ3) is 2.86. The third-order valence-electron chi connectivity index (χ3n) is 1.87. The molecule has 1 aliphatic rings. The molecule has 1 saturated heterocycles. The predicted octanol–water partition coefficient (Wildman–Crippen LogP) is -2.36. The number of carbonyl (C=O) groups is 2. The average Bonchev–Trinajstić information content (AvgIpc) is 2.09. The Bertz CT molecular complexity index is 232. The molecular formula is C7H15N5O2. The van der Waals surface area contributed by atoms with Crippen LogP contribution in [0.15, 0.2) is 0 Å². The highest BCUT2D eigenvalue weighted by molar-refractivity contribution is 5.83. The molecular weight excluding hydrogens is 186 g/mol. The van der Waals surface area contributed by atoms with Crippen molar-refractivity contribution in [3.63, 3.8) is 0 Å². The molecule has 0 aromatic heterocycles. The molecule has 1 aliphatic heterocycles. The van der Waals surface area contributed by atoms with E-state index in [1.807, 2.05) is 6.92 Å². The monoisotopic (exact) mass is 201 g/mol. The Morgan fingerprint density at radius 2 is 2.43 bits per heavy atom. The van der Waals surface area contributed by atoms with Gasteiger partial charge in [-0.2, -0.15) is 0 Å². The number of primary amides is 1. The van der Waals surface area contributed by atoms with E-state index in [0.717, 1.165) is 0 Å². The second kappa shape index (κ2) is 4.77. The Kier molecular flexibility index (Phi) is 3.66. The Morgan fingerprint density at radius 3 is 2.93 bits per heavy atom. The number of nitrogens with two attached hydrogens (primary N) is 1. The molecule has 14 heavy (non-hydrogen) atoms. The largest absolute Gasteiger partial charge is 0.352 e. The molecule has 0 saturated carbocycles. The van der Waals surface area contributed by atoms with Crippen LogP contribution < -0.4 is 27.0 Å². The van der Waals surface area contributed by atoms with E-state index in [0.29, 0.717) is 13.1 Å². The van der Waals surface area contributed by atoms with Crippen molar-refractivity contribution in [1.82, 2.24) is 21.3 Å². The van der Waals surface area contributed by atoms with Crippen LogP contribution in [0.3, 0.4) is 0 Å². The van der Waals surface area contributed by atoms with Crippen molar-refractivity contribution in [2.45, 2.75) is 19.3 Å². The van der Waals surface area contributed by atoms with Gasteiger partial charge in [0.15, 0.2) is 6.29 Å². The van der Waals surface area contributed by atoms with Gasteiger partial charge in [0, 0.05) is 6.54 Å².